The van der Waals surface area contributed by atoms with E-state index in [4.69, 9.17) is 0 Å². The zero-order valence-corrected chi connectivity index (χ0v) is 10.2. The number of hydrogen-bond acceptors (Lipinski definition) is 0. The summed E-state index contributed by atoms with van der Waals surface area (Å²) in [5.74, 6) is -0.567. The second kappa shape index (κ2) is 4.67. The maximum absolute atomic E-state index is 13.4. The third-order valence-corrected chi connectivity index (χ3v) is 2.52. The fraction of sp³-hybridized carbons (Fsp3) is 0.538. The van der Waals surface area contributed by atoms with E-state index in [1.165, 1.54) is 0 Å². The van der Waals surface area contributed by atoms with Gasteiger partial charge in [-0.05, 0) is 42.0 Å². The highest BCUT2D eigenvalue weighted by atomic mass is 19.4. The van der Waals surface area contributed by atoms with Gasteiger partial charge in [0.2, 0.25) is 0 Å². The molecule has 0 nitrogen and oxygen atoms in total. The van der Waals surface area contributed by atoms with Gasteiger partial charge in [-0.2, -0.15) is 13.2 Å². The molecule has 17 heavy (non-hydrogen) atoms. The van der Waals surface area contributed by atoms with Gasteiger partial charge in [0.05, 0.1) is 5.56 Å². The van der Waals surface area contributed by atoms with Gasteiger partial charge in [-0.25, -0.2) is 4.39 Å². The van der Waals surface area contributed by atoms with E-state index in [0.29, 0.717) is 12.8 Å². The Balaban J connectivity index is 2.92. The van der Waals surface area contributed by atoms with Crippen LogP contribution in [0.15, 0.2) is 18.2 Å². The number of benzene rings is 1. The van der Waals surface area contributed by atoms with Gasteiger partial charge < -0.3 is 0 Å². The van der Waals surface area contributed by atoms with Crippen molar-refractivity contribution in [2.75, 3.05) is 0 Å². The highest BCUT2D eigenvalue weighted by Gasteiger charge is 2.31. The van der Waals surface area contributed by atoms with Crippen molar-refractivity contribution in [3.05, 3.63) is 35.1 Å². The normalized spacial score (nSPS) is 12.9. The maximum atomic E-state index is 13.4. The first-order chi connectivity index (χ1) is 7.59. The average molecular weight is 248 g/mol. The van der Waals surface area contributed by atoms with Gasteiger partial charge in [0.1, 0.15) is 5.82 Å². The number of rotatable bonds is 2. The largest absolute Gasteiger partial charge is 0.416 e. The lowest BCUT2D eigenvalue weighted by Crippen LogP contribution is -2.09. The minimum atomic E-state index is -4.41. The van der Waals surface area contributed by atoms with Crippen LogP contribution in [0, 0.1) is 11.2 Å². The first kappa shape index (κ1) is 14.0. The first-order valence-electron chi connectivity index (χ1n) is 5.45. The Morgan fingerprint density at radius 3 is 2.12 bits per heavy atom. The number of aryl methyl sites for hydroxylation is 1. The molecule has 0 saturated heterocycles. The molecule has 0 N–H and O–H groups in total. The van der Waals surface area contributed by atoms with Crippen LogP contribution < -0.4 is 0 Å². The predicted molar refractivity (Wildman–Crippen MR) is 59.2 cm³/mol. The molecule has 1 rings (SSSR count). The fourth-order valence-corrected chi connectivity index (χ4v) is 1.45. The molecule has 0 aliphatic rings. The topological polar surface area (TPSA) is 0 Å². The molecule has 4 heteroatoms. The van der Waals surface area contributed by atoms with Crippen molar-refractivity contribution in [1.82, 2.24) is 0 Å². The van der Waals surface area contributed by atoms with Crippen molar-refractivity contribution < 1.29 is 17.6 Å². The fourth-order valence-electron chi connectivity index (χ4n) is 1.45. The average Bonchev–Trinajstić information content (AvgIpc) is 2.13. The first-order valence-corrected chi connectivity index (χ1v) is 5.45. The molecular formula is C13H16F4. The SMILES string of the molecule is CC(C)(C)CCc1cc(C(F)(F)F)ccc1F. The van der Waals surface area contributed by atoms with Gasteiger partial charge >= 0.3 is 6.18 Å². The van der Waals surface area contributed by atoms with Crippen molar-refractivity contribution in [3.8, 4) is 0 Å². The summed E-state index contributed by atoms with van der Waals surface area (Å²) >= 11 is 0. The standard InChI is InChI=1S/C13H16F4/c1-12(2,3)7-6-9-8-10(13(15,16)17)4-5-11(9)14/h4-5,8H,6-7H2,1-3H3. The van der Waals surface area contributed by atoms with Gasteiger partial charge in [-0.3, -0.25) is 0 Å². The van der Waals surface area contributed by atoms with E-state index >= 15 is 0 Å². The summed E-state index contributed by atoms with van der Waals surface area (Å²) in [4.78, 5) is 0. The summed E-state index contributed by atoms with van der Waals surface area (Å²) in [6, 6.07) is 2.57. The van der Waals surface area contributed by atoms with Gasteiger partial charge in [-0.1, -0.05) is 20.8 Å². The molecular weight excluding hydrogens is 232 g/mol. The lowest BCUT2D eigenvalue weighted by molar-refractivity contribution is -0.137. The third-order valence-electron chi connectivity index (χ3n) is 2.52. The van der Waals surface area contributed by atoms with Gasteiger partial charge in [0.25, 0.3) is 0 Å². The van der Waals surface area contributed by atoms with Crippen LogP contribution in [0.5, 0.6) is 0 Å². The van der Waals surface area contributed by atoms with Crippen LogP contribution in [-0.2, 0) is 12.6 Å². The zero-order valence-electron chi connectivity index (χ0n) is 10.2. The van der Waals surface area contributed by atoms with Crippen LogP contribution in [-0.4, -0.2) is 0 Å². The molecule has 0 saturated carbocycles. The second-order valence-corrected chi connectivity index (χ2v) is 5.36. The molecule has 0 heterocycles. The number of hydrogen-bond donors (Lipinski definition) is 0. The Bertz CT molecular complexity index is 385. The van der Waals surface area contributed by atoms with Gasteiger partial charge in [-0.15, -0.1) is 0 Å². The van der Waals surface area contributed by atoms with E-state index in [9.17, 15) is 17.6 Å². The van der Waals surface area contributed by atoms with Crippen molar-refractivity contribution in [3.63, 3.8) is 0 Å². The Labute approximate surface area is 98.6 Å². The van der Waals surface area contributed by atoms with E-state index in [-0.39, 0.29) is 11.0 Å². The molecule has 0 radical (unpaired) electrons. The van der Waals surface area contributed by atoms with Crippen molar-refractivity contribution in [2.24, 2.45) is 5.41 Å². The smallest absolute Gasteiger partial charge is 0.207 e. The molecule has 0 bridgehead atoms. The Kier molecular flexibility index (Phi) is 3.84. The Morgan fingerprint density at radius 1 is 1.06 bits per heavy atom. The summed E-state index contributed by atoms with van der Waals surface area (Å²) in [6.07, 6.45) is -3.45. The molecule has 0 aliphatic heterocycles. The highest BCUT2D eigenvalue weighted by Crippen LogP contribution is 2.31. The summed E-state index contributed by atoms with van der Waals surface area (Å²) in [7, 11) is 0. The summed E-state index contributed by atoms with van der Waals surface area (Å²) < 4.78 is 50.7. The van der Waals surface area contributed by atoms with E-state index in [1.54, 1.807) is 0 Å². The maximum Gasteiger partial charge on any atom is 0.416 e. The van der Waals surface area contributed by atoms with Crippen LogP contribution >= 0.6 is 0 Å². The van der Waals surface area contributed by atoms with Crippen molar-refractivity contribution >= 4 is 0 Å². The molecule has 0 atom stereocenters. The molecule has 0 spiro atoms. The quantitative estimate of drug-likeness (QED) is 0.658. The Hall–Kier alpha value is -1.06. The summed E-state index contributed by atoms with van der Waals surface area (Å²) in [6.45, 7) is 5.91. The highest BCUT2D eigenvalue weighted by molar-refractivity contribution is 5.27. The monoisotopic (exact) mass is 248 g/mol. The molecule has 0 unspecified atom stereocenters. The lowest BCUT2D eigenvalue weighted by Gasteiger charge is -2.18. The van der Waals surface area contributed by atoms with E-state index in [1.807, 2.05) is 20.8 Å². The minimum Gasteiger partial charge on any atom is -0.207 e. The lowest BCUT2D eigenvalue weighted by atomic mass is 9.88. The van der Waals surface area contributed by atoms with Crippen LogP contribution in [0.1, 0.15) is 38.3 Å². The third kappa shape index (κ3) is 4.36. The molecule has 1 aromatic rings. The van der Waals surface area contributed by atoms with Crippen molar-refractivity contribution in [2.45, 2.75) is 39.8 Å². The molecule has 96 valence electrons. The van der Waals surface area contributed by atoms with Crippen LogP contribution in [0.25, 0.3) is 0 Å². The predicted octanol–water partition coefficient (Wildman–Crippen LogP) is 4.82. The van der Waals surface area contributed by atoms with Crippen LogP contribution in [0.3, 0.4) is 0 Å². The van der Waals surface area contributed by atoms with Gasteiger partial charge in [0.15, 0.2) is 0 Å². The Morgan fingerprint density at radius 2 is 1.65 bits per heavy atom. The summed E-state index contributed by atoms with van der Waals surface area (Å²) in [5, 5.41) is 0. The molecule has 0 fully saturated rings. The van der Waals surface area contributed by atoms with Crippen molar-refractivity contribution in [1.29, 1.82) is 0 Å². The number of halogens is 4. The van der Waals surface area contributed by atoms with Gasteiger partial charge in [0, 0.05) is 0 Å². The summed E-state index contributed by atoms with van der Waals surface area (Å²) in [5.41, 5.74) is -0.682. The molecule has 0 aliphatic carbocycles. The van der Waals surface area contributed by atoms with E-state index in [0.717, 1.165) is 18.2 Å². The molecule has 0 amide bonds. The number of alkyl halides is 3. The molecule has 0 aromatic heterocycles. The van der Waals surface area contributed by atoms with Crippen LogP contribution in [0.4, 0.5) is 17.6 Å². The van der Waals surface area contributed by atoms with E-state index < -0.39 is 17.6 Å². The second-order valence-electron chi connectivity index (χ2n) is 5.36. The zero-order chi connectivity index (χ0) is 13.3. The minimum absolute atomic E-state index is 0.0271. The molecule has 1 aromatic carbocycles. The van der Waals surface area contributed by atoms with E-state index in [2.05, 4.69) is 0 Å². The van der Waals surface area contributed by atoms with Crippen LogP contribution in [0.2, 0.25) is 0 Å².